The summed E-state index contributed by atoms with van der Waals surface area (Å²) in [6.45, 7) is 9.57. The predicted molar refractivity (Wildman–Crippen MR) is 207 cm³/mol. The second-order valence-corrected chi connectivity index (χ2v) is 16.9. The predicted octanol–water partition coefficient (Wildman–Crippen LogP) is 11.1. The molecule has 53 heavy (non-hydrogen) atoms. The first-order valence-corrected chi connectivity index (χ1v) is 18.4. The van der Waals surface area contributed by atoms with E-state index >= 15 is 8.78 Å². The lowest BCUT2D eigenvalue weighted by molar-refractivity contribution is -0.0147. The zero-order valence-corrected chi connectivity index (χ0v) is 31.3. The summed E-state index contributed by atoms with van der Waals surface area (Å²) < 4.78 is 54.7. The van der Waals surface area contributed by atoms with Crippen molar-refractivity contribution in [1.82, 2.24) is 0 Å². The molecule has 0 bridgehead atoms. The van der Waals surface area contributed by atoms with Crippen molar-refractivity contribution in [3.05, 3.63) is 119 Å². The molecule has 0 radical (unpaired) electrons. The van der Waals surface area contributed by atoms with Crippen LogP contribution < -0.4 is 23.8 Å². The fourth-order valence-electron chi connectivity index (χ4n) is 10.7. The molecule has 2 unspecified atom stereocenters. The molecule has 0 aromatic heterocycles. The molecule has 2 aliphatic heterocycles. The third-order valence-electron chi connectivity index (χ3n) is 12.1. The van der Waals surface area contributed by atoms with Crippen LogP contribution in [0.15, 0.2) is 91.0 Å². The first-order valence-electron chi connectivity index (χ1n) is 18.4. The van der Waals surface area contributed by atoms with Crippen LogP contribution in [0.25, 0.3) is 28.0 Å². The quantitative estimate of drug-likeness (QED) is 0.173. The van der Waals surface area contributed by atoms with Gasteiger partial charge in [-0.15, -0.1) is 0 Å². The van der Waals surface area contributed by atoms with E-state index < -0.39 is 18.3 Å². The Morgan fingerprint density at radius 3 is 1.96 bits per heavy atom. The van der Waals surface area contributed by atoms with Crippen molar-refractivity contribution in [2.75, 3.05) is 26.2 Å². The van der Waals surface area contributed by atoms with E-state index in [1.165, 1.54) is 21.6 Å². The van der Waals surface area contributed by atoms with Gasteiger partial charge in [0.15, 0.2) is 5.60 Å². The number of hydrogen-bond donors (Lipinski definition) is 0. The van der Waals surface area contributed by atoms with Gasteiger partial charge in [0.05, 0.1) is 19.9 Å². The second-order valence-electron chi connectivity index (χ2n) is 16.9. The van der Waals surface area contributed by atoms with E-state index in [1.807, 2.05) is 60.7 Å². The van der Waals surface area contributed by atoms with Crippen LogP contribution in [0.4, 0.5) is 14.5 Å². The van der Waals surface area contributed by atoms with Crippen molar-refractivity contribution in [1.29, 1.82) is 0 Å². The van der Waals surface area contributed by atoms with Crippen LogP contribution in [0.1, 0.15) is 74.8 Å². The topological polar surface area (TPSA) is 40.2 Å². The summed E-state index contributed by atoms with van der Waals surface area (Å²) in [5.74, 6) is 2.50. The number of anilines is 1. The largest absolute Gasteiger partial charge is 0.497 e. The van der Waals surface area contributed by atoms with Crippen LogP contribution in [0, 0.1) is 10.8 Å². The van der Waals surface area contributed by atoms with Gasteiger partial charge in [-0.05, 0) is 100 Å². The maximum absolute atomic E-state index is 15.2. The van der Waals surface area contributed by atoms with Gasteiger partial charge in [0.25, 0.3) is 6.36 Å². The maximum atomic E-state index is 15.2. The van der Waals surface area contributed by atoms with Gasteiger partial charge in [0.1, 0.15) is 23.0 Å². The molecule has 7 heteroatoms. The van der Waals surface area contributed by atoms with Crippen LogP contribution >= 0.6 is 0 Å². The van der Waals surface area contributed by atoms with E-state index in [9.17, 15) is 0 Å². The standard InChI is InChI=1S/C46H45F2NO4/c1-43(2)24-44(3,4)26-45(25-43)35-11-9-8-10-31(35)38-33-23-37-36(49(5)41(47)42(48)52-37)22-34(33)40-32(39(38)45)20-21-46(53-40,27-12-16-29(50-6)17-13-27)28-14-18-30(51-7)19-15-28/h8-23,41-42H,24-26H2,1-7H3. The summed E-state index contributed by atoms with van der Waals surface area (Å²) in [6.07, 6.45) is 3.41. The molecule has 2 heterocycles. The number of fused-ring (bicyclic) bond motifs is 11. The molecule has 1 fully saturated rings. The molecule has 2 aliphatic carbocycles. The highest BCUT2D eigenvalue weighted by molar-refractivity contribution is 6.10. The van der Waals surface area contributed by atoms with Gasteiger partial charge >= 0.3 is 0 Å². The lowest BCUT2D eigenvalue weighted by Crippen LogP contribution is -2.44. The molecule has 272 valence electrons. The molecule has 1 saturated carbocycles. The van der Waals surface area contributed by atoms with Gasteiger partial charge in [0.2, 0.25) is 6.30 Å². The zero-order chi connectivity index (χ0) is 37.1. The highest BCUT2D eigenvalue weighted by Gasteiger charge is 2.55. The SMILES string of the molecule is COc1ccc(C2(c3ccc(OC)cc3)C=Cc3c4c(c5cc6c(cc5c3O2)N(C)C(F)C(F)O6)-c2ccccc2C42CC(C)(C)CC(C)(C)C2)cc1. The minimum atomic E-state index is -2.11. The van der Waals surface area contributed by atoms with Gasteiger partial charge in [-0.25, -0.2) is 4.39 Å². The fourth-order valence-corrected chi connectivity index (χ4v) is 10.7. The Balaban J connectivity index is 1.40. The van der Waals surface area contributed by atoms with Crippen LogP contribution in [-0.2, 0) is 11.0 Å². The number of alkyl halides is 2. The summed E-state index contributed by atoms with van der Waals surface area (Å²) in [5.41, 5.74) is 6.90. The molecular formula is C46H45F2NO4. The fraction of sp³-hybridized carbons (Fsp3) is 0.348. The lowest BCUT2D eigenvalue weighted by Gasteiger charge is -2.52. The molecule has 0 saturated heterocycles. The normalized spacial score (nSPS) is 22.2. The van der Waals surface area contributed by atoms with Gasteiger partial charge < -0.3 is 23.8 Å². The lowest BCUT2D eigenvalue weighted by atomic mass is 9.52. The molecule has 9 rings (SSSR count). The van der Waals surface area contributed by atoms with Gasteiger partial charge in [-0.1, -0.05) is 82.3 Å². The molecule has 5 aromatic rings. The van der Waals surface area contributed by atoms with Crippen molar-refractivity contribution in [3.8, 4) is 34.1 Å². The van der Waals surface area contributed by atoms with Gasteiger partial charge in [-0.2, -0.15) is 4.39 Å². The van der Waals surface area contributed by atoms with Gasteiger partial charge in [0, 0.05) is 34.5 Å². The number of methoxy groups -OCH3 is 2. The minimum Gasteiger partial charge on any atom is -0.497 e. The highest BCUT2D eigenvalue weighted by Crippen LogP contribution is 2.67. The Morgan fingerprint density at radius 1 is 0.755 bits per heavy atom. The first-order chi connectivity index (χ1) is 25.3. The Kier molecular flexibility index (Phi) is 7.31. The molecule has 1 spiro atoms. The van der Waals surface area contributed by atoms with E-state index in [0.717, 1.165) is 63.8 Å². The van der Waals surface area contributed by atoms with E-state index in [-0.39, 0.29) is 16.2 Å². The number of ether oxygens (including phenoxy) is 4. The number of benzene rings is 5. The van der Waals surface area contributed by atoms with Crippen LogP contribution in [-0.4, -0.2) is 33.9 Å². The first kappa shape index (κ1) is 33.8. The van der Waals surface area contributed by atoms with Crippen LogP contribution in [0.5, 0.6) is 23.0 Å². The molecule has 0 N–H and O–H groups in total. The van der Waals surface area contributed by atoms with Crippen molar-refractivity contribution >= 4 is 22.5 Å². The Morgan fingerprint density at radius 2 is 1.36 bits per heavy atom. The number of likely N-dealkylation sites (N-methyl/N-ethyl adjacent to an activating group) is 1. The van der Waals surface area contributed by atoms with E-state index in [4.69, 9.17) is 18.9 Å². The number of rotatable bonds is 4. The van der Waals surface area contributed by atoms with Crippen molar-refractivity contribution in [2.24, 2.45) is 10.8 Å². The summed E-state index contributed by atoms with van der Waals surface area (Å²) in [7, 11) is 4.88. The third-order valence-corrected chi connectivity index (χ3v) is 12.1. The highest BCUT2D eigenvalue weighted by atomic mass is 19.2. The van der Waals surface area contributed by atoms with E-state index in [0.29, 0.717) is 17.2 Å². The number of hydrogen-bond acceptors (Lipinski definition) is 5. The average molecular weight is 714 g/mol. The molecule has 0 amide bonds. The van der Waals surface area contributed by atoms with Crippen molar-refractivity contribution in [3.63, 3.8) is 0 Å². The Labute approximate surface area is 310 Å². The van der Waals surface area contributed by atoms with Gasteiger partial charge in [-0.3, -0.25) is 0 Å². The molecule has 2 atom stereocenters. The molecule has 5 aromatic carbocycles. The second kappa shape index (κ2) is 11.5. The van der Waals surface area contributed by atoms with E-state index in [1.54, 1.807) is 21.3 Å². The van der Waals surface area contributed by atoms with E-state index in [2.05, 4.69) is 64.1 Å². The minimum absolute atomic E-state index is 0.0484. The number of halogens is 2. The average Bonchev–Trinajstić information content (AvgIpc) is 3.40. The number of nitrogens with zero attached hydrogens (tertiary/aromatic N) is 1. The molecular weight excluding hydrogens is 669 g/mol. The Bertz CT molecular complexity index is 2250. The third kappa shape index (κ3) is 4.92. The van der Waals surface area contributed by atoms with Crippen molar-refractivity contribution < 1.29 is 27.7 Å². The van der Waals surface area contributed by atoms with Crippen LogP contribution in [0.2, 0.25) is 0 Å². The summed E-state index contributed by atoms with van der Waals surface area (Å²) in [5, 5.41) is 1.71. The summed E-state index contributed by atoms with van der Waals surface area (Å²) in [6, 6.07) is 28.6. The molecule has 4 aliphatic rings. The summed E-state index contributed by atoms with van der Waals surface area (Å²) >= 11 is 0. The van der Waals surface area contributed by atoms with Crippen LogP contribution in [0.3, 0.4) is 0 Å². The maximum Gasteiger partial charge on any atom is 0.287 e. The zero-order valence-electron chi connectivity index (χ0n) is 31.3. The smallest absolute Gasteiger partial charge is 0.287 e. The molecule has 5 nitrogen and oxygen atoms in total. The summed E-state index contributed by atoms with van der Waals surface area (Å²) in [4.78, 5) is 1.32. The Hall–Kier alpha value is -5.04. The monoisotopic (exact) mass is 713 g/mol. The van der Waals surface area contributed by atoms with Crippen molar-refractivity contribution in [2.45, 2.75) is 70.6 Å².